The highest BCUT2D eigenvalue weighted by Gasteiger charge is 2.19. The highest BCUT2D eigenvalue weighted by atomic mass is 16.5. The summed E-state index contributed by atoms with van der Waals surface area (Å²) in [5, 5.41) is 5.28. The number of hydrogen-bond acceptors (Lipinski definition) is 4. The van der Waals surface area contributed by atoms with Gasteiger partial charge in [0.25, 0.3) is 5.56 Å². The number of esters is 1. The molecule has 0 amide bonds. The van der Waals surface area contributed by atoms with Crippen LogP contribution in [-0.4, -0.2) is 15.7 Å². The van der Waals surface area contributed by atoms with Gasteiger partial charge in [0.05, 0.1) is 11.9 Å². The predicted molar refractivity (Wildman–Crippen MR) is 112 cm³/mol. The lowest BCUT2D eigenvalue weighted by Gasteiger charge is -2.11. The van der Waals surface area contributed by atoms with Gasteiger partial charge in [-0.05, 0) is 48.7 Å². The lowest BCUT2D eigenvalue weighted by atomic mass is 10.1. The first-order chi connectivity index (χ1) is 14.0. The molecule has 3 aromatic carbocycles. The van der Waals surface area contributed by atoms with E-state index in [0.29, 0.717) is 16.5 Å². The van der Waals surface area contributed by atoms with Crippen LogP contribution in [0.3, 0.4) is 0 Å². The Morgan fingerprint density at radius 3 is 2.31 bits per heavy atom. The Kier molecular flexibility index (Phi) is 4.96. The van der Waals surface area contributed by atoms with E-state index in [4.69, 9.17) is 4.74 Å². The van der Waals surface area contributed by atoms with E-state index >= 15 is 0 Å². The quantitative estimate of drug-likeness (QED) is 0.389. The maximum atomic E-state index is 12.9. The van der Waals surface area contributed by atoms with E-state index in [1.165, 1.54) is 4.68 Å². The van der Waals surface area contributed by atoms with Crippen LogP contribution in [0.15, 0.2) is 77.6 Å². The van der Waals surface area contributed by atoms with Crippen molar-refractivity contribution in [1.29, 1.82) is 0 Å². The molecule has 0 saturated heterocycles. The van der Waals surface area contributed by atoms with Crippen molar-refractivity contribution in [3.63, 3.8) is 0 Å². The molecule has 0 unspecified atom stereocenters. The summed E-state index contributed by atoms with van der Waals surface area (Å²) in [5.74, 6) is -0.143. The largest absolute Gasteiger partial charge is 0.422 e. The van der Waals surface area contributed by atoms with Gasteiger partial charge in [0.2, 0.25) is 0 Å². The van der Waals surface area contributed by atoms with Crippen LogP contribution in [0, 0.1) is 13.8 Å². The summed E-state index contributed by atoms with van der Waals surface area (Å²) in [6, 6.07) is 22.0. The second-order valence-electron chi connectivity index (χ2n) is 6.98. The lowest BCUT2D eigenvalue weighted by Crippen LogP contribution is -2.27. The Labute approximate surface area is 168 Å². The van der Waals surface area contributed by atoms with Gasteiger partial charge in [-0.15, -0.1) is 0 Å². The minimum absolute atomic E-state index is 0.120. The van der Waals surface area contributed by atoms with Crippen molar-refractivity contribution in [2.24, 2.45) is 0 Å². The molecule has 0 spiro atoms. The van der Waals surface area contributed by atoms with Crippen LogP contribution in [0.1, 0.15) is 27.2 Å². The molecular formula is C24H20N2O3. The fourth-order valence-corrected chi connectivity index (χ4v) is 3.18. The molecule has 0 N–H and O–H groups in total. The van der Waals surface area contributed by atoms with E-state index in [1.54, 1.807) is 30.3 Å². The van der Waals surface area contributed by atoms with Crippen molar-refractivity contribution in [1.82, 2.24) is 9.78 Å². The number of benzene rings is 3. The molecule has 0 radical (unpaired) electrons. The third-order valence-electron chi connectivity index (χ3n) is 4.93. The van der Waals surface area contributed by atoms with Gasteiger partial charge in [0.15, 0.2) is 5.69 Å². The molecule has 4 rings (SSSR count). The fraction of sp³-hybridized carbons (Fsp3) is 0.125. The molecule has 5 nitrogen and oxygen atoms in total. The SMILES string of the molecule is Cc1ccc(OC(=O)c2nn(Cc3ccccc3)c(=O)c3ccccc23)cc1C. The molecule has 1 heterocycles. The van der Waals surface area contributed by atoms with Crippen molar-refractivity contribution < 1.29 is 9.53 Å². The highest BCUT2D eigenvalue weighted by Crippen LogP contribution is 2.20. The van der Waals surface area contributed by atoms with Gasteiger partial charge in [-0.1, -0.05) is 54.6 Å². The van der Waals surface area contributed by atoms with E-state index in [1.807, 2.05) is 56.3 Å². The summed E-state index contributed by atoms with van der Waals surface area (Å²) in [4.78, 5) is 25.8. The number of carbonyl (C=O) groups excluding carboxylic acids is 1. The summed E-state index contributed by atoms with van der Waals surface area (Å²) in [7, 11) is 0. The zero-order chi connectivity index (χ0) is 20.4. The third kappa shape index (κ3) is 3.80. The monoisotopic (exact) mass is 384 g/mol. The highest BCUT2D eigenvalue weighted by molar-refractivity contribution is 6.02. The molecule has 0 aliphatic rings. The maximum Gasteiger partial charge on any atom is 0.364 e. The average molecular weight is 384 g/mol. The molecule has 0 aliphatic carbocycles. The van der Waals surface area contributed by atoms with Crippen LogP contribution in [0.2, 0.25) is 0 Å². The van der Waals surface area contributed by atoms with E-state index in [9.17, 15) is 9.59 Å². The molecule has 29 heavy (non-hydrogen) atoms. The standard InChI is InChI=1S/C24H20N2O3/c1-16-12-13-19(14-17(16)2)29-24(28)22-20-10-6-7-11-21(20)23(27)26(25-22)15-18-8-4-3-5-9-18/h3-14H,15H2,1-2H3. The Balaban J connectivity index is 1.78. The van der Waals surface area contributed by atoms with E-state index in [0.717, 1.165) is 16.7 Å². The number of aryl methyl sites for hydroxylation is 2. The van der Waals surface area contributed by atoms with Crippen LogP contribution in [0.5, 0.6) is 5.75 Å². The Bertz CT molecular complexity index is 1260. The molecule has 0 aliphatic heterocycles. The summed E-state index contributed by atoms with van der Waals surface area (Å²) < 4.78 is 6.89. The minimum atomic E-state index is -0.591. The van der Waals surface area contributed by atoms with Gasteiger partial charge < -0.3 is 4.74 Å². The fourth-order valence-electron chi connectivity index (χ4n) is 3.18. The number of rotatable bonds is 4. The van der Waals surface area contributed by atoms with E-state index in [2.05, 4.69) is 5.10 Å². The van der Waals surface area contributed by atoms with Gasteiger partial charge in [-0.25, -0.2) is 9.48 Å². The number of ether oxygens (including phenoxy) is 1. The topological polar surface area (TPSA) is 61.2 Å². The third-order valence-corrected chi connectivity index (χ3v) is 4.93. The van der Waals surface area contributed by atoms with Crippen molar-refractivity contribution in [2.75, 3.05) is 0 Å². The van der Waals surface area contributed by atoms with Crippen molar-refractivity contribution in [3.05, 3.63) is 106 Å². The summed E-state index contributed by atoms with van der Waals surface area (Å²) in [6.07, 6.45) is 0. The zero-order valence-electron chi connectivity index (χ0n) is 16.3. The molecule has 144 valence electrons. The van der Waals surface area contributed by atoms with Crippen molar-refractivity contribution in [2.45, 2.75) is 20.4 Å². The first-order valence-corrected chi connectivity index (χ1v) is 9.36. The molecule has 0 atom stereocenters. The lowest BCUT2D eigenvalue weighted by molar-refractivity contribution is 0.0728. The summed E-state index contributed by atoms with van der Waals surface area (Å²) in [5.41, 5.74) is 2.94. The smallest absolute Gasteiger partial charge is 0.364 e. The van der Waals surface area contributed by atoms with Gasteiger partial charge in [-0.2, -0.15) is 5.10 Å². The van der Waals surface area contributed by atoms with Crippen LogP contribution in [0.4, 0.5) is 0 Å². The molecule has 0 fully saturated rings. The number of aromatic nitrogens is 2. The minimum Gasteiger partial charge on any atom is -0.422 e. The second kappa shape index (κ2) is 7.72. The molecule has 1 aromatic heterocycles. The van der Waals surface area contributed by atoms with E-state index < -0.39 is 5.97 Å². The second-order valence-corrected chi connectivity index (χ2v) is 6.98. The molecule has 5 heteroatoms. The molecule has 0 saturated carbocycles. The first kappa shape index (κ1) is 18.6. The van der Waals surface area contributed by atoms with Gasteiger partial charge in [0.1, 0.15) is 5.75 Å². The van der Waals surface area contributed by atoms with Crippen molar-refractivity contribution >= 4 is 16.7 Å². The first-order valence-electron chi connectivity index (χ1n) is 9.36. The number of fused-ring (bicyclic) bond motifs is 1. The maximum absolute atomic E-state index is 12.9. The van der Waals surface area contributed by atoms with E-state index in [-0.39, 0.29) is 17.8 Å². The number of hydrogen-bond donors (Lipinski definition) is 0. The average Bonchev–Trinajstić information content (AvgIpc) is 2.73. The summed E-state index contributed by atoms with van der Waals surface area (Å²) in [6.45, 7) is 4.23. The Morgan fingerprint density at radius 2 is 1.59 bits per heavy atom. The number of nitrogens with zero attached hydrogens (tertiary/aromatic N) is 2. The molecule has 4 aromatic rings. The van der Waals surface area contributed by atoms with Crippen LogP contribution in [0.25, 0.3) is 10.8 Å². The van der Waals surface area contributed by atoms with Gasteiger partial charge in [0, 0.05) is 5.39 Å². The Hall–Kier alpha value is -3.73. The van der Waals surface area contributed by atoms with Gasteiger partial charge >= 0.3 is 5.97 Å². The Morgan fingerprint density at radius 1 is 0.897 bits per heavy atom. The predicted octanol–water partition coefficient (Wildman–Crippen LogP) is 4.28. The molecular weight excluding hydrogens is 364 g/mol. The number of carbonyl (C=O) groups is 1. The van der Waals surface area contributed by atoms with Crippen LogP contribution in [-0.2, 0) is 6.54 Å². The zero-order valence-corrected chi connectivity index (χ0v) is 16.3. The normalized spacial score (nSPS) is 10.8. The van der Waals surface area contributed by atoms with Crippen molar-refractivity contribution in [3.8, 4) is 5.75 Å². The molecule has 0 bridgehead atoms. The van der Waals surface area contributed by atoms with Gasteiger partial charge in [-0.3, -0.25) is 4.79 Å². The van der Waals surface area contributed by atoms with Crippen LogP contribution >= 0.6 is 0 Å². The van der Waals surface area contributed by atoms with Crippen LogP contribution < -0.4 is 10.3 Å². The summed E-state index contributed by atoms with van der Waals surface area (Å²) >= 11 is 0.